The Labute approximate surface area is 47.4 Å². The van der Waals surface area contributed by atoms with Crippen molar-refractivity contribution in [3.05, 3.63) is 6.42 Å². The number of nitrogens with one attached hydrogen (secondary N) is 1. The summed E-state index contributed by atoms with van der Waals surface area (Å²) in [5.41, 5.74) is 9.71. The molecule has 0 heterocycles. The van der Waals surface area contributed by atoms with Gasteiger partial charge in [0.25, 0.3) is 0 Å². The van der Waals surface area contributed by atoms with E-state index in [1.54, 1.807) is 0 Å². The quantitative estimate of drug-likeness (QED) is 0.313. The third kappa shape index (κ3) is 3.30. The fraction of sp³-hybridized carbons (Fsp3) is 0.250. The number of carbonyl (C=O) groups is 1. The van der Waals surface area contributed by atoms with E-state index in [4.69, 9.17) is 16.9 Å². The van der Waals surface area contributed by atoms with Crippen molar-refractivity contribution < 1.29 is 4.79 Å². The number of carbonyl (C=O) groups excluding carboxylic acids is 1. The monoisotopic (exact) mass is 114 g/mol. The van der Waals surface area contributed by atoms with Gasteiger partial charge in [-0.1, -0.05) is 0 Å². The average Bonchev–Trinajstić information content (AvgIpc) is 1.65. The minimum Gasteiger partial charge on any atom is -0.387 e. The van der Waals surface area contributed by atoms with Gasteiger partial charge >= 0.3 is 0 Å². The highest BCUT2D eigenvalue weighted by Gasteiger charge is 1.98. The Morgan fingerprint density at radius 3 is 2.38 bits per heavy atom. The molecule has 0 aromatic rings. The zero-order valence-electron chi connectivity index (χ0n) is 4.35. The molecule has 0 fully saturated rings. The van der Waals surface area contributed by atoms with Gasteiger partial charge in [-0.15, -0.1) is 0 Å². The van der Waals surface area contributed by atoms with E-state index in [-0.39, 0.29) is 18.2 Å². The van der Waals surface area contributed by atoms with E-state index in [0.29, 0.717) is 0 Å². The van der Waals surface area contributed by atoms with E-state index in [9.17, 15) is 4.79 Å². The Hall–Kier alpha value is -0.900. The van der Waals surface area contributed by atoms with Gasteiger partial charge in [-0.3, -0.25) is 10.2 Å². The molecule has 5 N–H and O–H groups in total. The first-order chi connectivity index (χ1) is 3.66. The van der Waals surface area contributed by atoms with E-state index in [2.05, 4.69) is 0 Å². The van der Waals surface area contributed by atoms with Crippen LogP contribution in [-0.2, 0) is 4.79 Å². The van der Waals surface area contributed by atoms with Crippen molar-refractivity contribution in [1.29, 1.82) is 5.41 Å². The molecule has 0 aromatic carbocycles. The largest absolute Gasteiger partial charge is 0.387 e. The summed E-state index contributed by atoms with van der Waals surface area (Å²) in [6.07, 6.45) is 0.986. The molecule has 8 heavy (non-hydrogen) atoms. The zero-order chi connectivity index (χ0) is 6.57. The van der Waals surface area contributed by atoms with Crippen LogP contribution in [0.5, 0.6) is 0 Å². The molecule has 0 unspecified atom stereocenters. The minimum atomic E-state index is -0.322. The van der Waals surface area contributed by atoms with Crippen LogP contribution < -0.4 is 11.5 Å². The van der Waals surface area contributed by atoms with Crippen molar-refractivity contribution in [1.82, 2.24) is 0 Å². The van der Waals surface area contributed by atoms with Crippen LogP contribution in [0.25, 0.3) is 0 Å². The lowest BCUT2D eigenvalue weighted by Gasteiger charge is -1.90. The van der Waals surface area contributed by atoms with Gasteiger partial charge in [0.05, 0.1) is 13.0 Å². The van der Waals surface area contributed by atoms with E-state index in [1.165, 1.54) is 0 Å². The predicted molar refractivity (Wildman–Crippen MR) is 30.3 cm³/mol. The Balaban J connectivity index is 3.40. The summed E-state index contributed by atoms with van der Waals surface area (Å²) in [5.74, 6) is -0.571. The molecule has 0 bridgehead atoms. The Morgan fingerprint density at radius 2 is 2.25 bits per heavy atom. The minimum absolute atomic E-state index is 0.0838. The number of Topliss-reactive ketones (excluding diaryl/α,β-unsaturated/α-hetero) is 1. The standard InChI is InChI=1S/C4H8N3O/c5-2-3(8)1-4(6)7/h1H,2,5H2,(H3,6,7). The van der Waals surface area contributed by atoms with Gasteiger partial charge in [-0.25, -0.2) is 0 Å². The summed E-state index contributed by atoms with van der Waals surface area (Å²) in [7, 11) is 0. The van der Waals surface area contributed by atoms with Gasteiger partial charge in [0, 0.05) is 0 Å². The molecule has 0 aliphatic rings. The first-order valence-corrected chi connectivity index (χ1v) is 2.08. The highest BCUT2D eigenvalue weighted by Crippen LogP contribution is 1.73. The maximum absolute atomic E-state index is 10.2. The number of hydrogen-bond acceptors (Lipinski definition) is 3. The van der Waals surface area contributed by atoms with Crippen LogP contribution in [-0.4, -0.2) is 18.2 Å². The lowest BCUT2D eigenvalue weighted by Crippen LogP contribution is -2.22. The van der Waals surface area contributed by atoms with Crippen LogP contribution in [0, 0.1) is 11.8 Å². The molecule has 0 aromatic heterocycles. The molecule has 4 nitrogen and oxygen atoms in total. The van der Waals surface area contributed by atoms with Crippen LogP contribution >= 0.6 is 0 Å². The highest BCUT2D eigenvalue weighted by molar-refractivity contribution is 6.10. The summed E-state index contributed by atoms with van der Waals surface area (Å²) in [6, 6.07) is 0. The molecule has 45 valence electrons. The smallest absolute Gasteiger partial charge is 0.158 e. The van der Waals surface area contributed by atoms with Gasteiger partial charge < -0.3 is 11.5 Å². The van der Waals surface area contributed by atoms with Crippen LogP contribution in [0.4, 0.5) is 0 Å². The fourth-order valence-corrected chi connectivity index (χ4v) is 0.232. The normalized spacial score (nSPS) is 8.62. The fourth-order valence-electron chi connectivity index (χ4n) is 0.232. The number of hydrogen-bond donors (Lipinski definition) is 3. The first-order valence-electron chi connectivity index (χ1n) is 2.08. The maximum atomic E-state index is 10.2. The number of amidine groups is 1. The van der Waals surface area contributed by atoms with E-state index >= 15 is 0 Å². The molecule has 0 spiro atoms. The molecular formula is C4H8N3O. The number of rotatable bonds is 3. The second-order valence-corrected chi connectivity index (χ2v) is 1.27. The maximum Gasteiger partial charge on any atom is 0.158 e. The van der Waals surface area contributed by atoms with E-state index in [0.717, 1.165) is 6.42 Å². The Morgan fingerprint density at radius 1 is 1.75 bits per heavy atom. The molecule has 0 aliphatic carbocycles. The van der Waals surface area contributed by atoms with Gasteiger partial charge in [0.1, 0.15) is 5.84 Å². The topological polar surface area (TPSA) is 93.0 Å². The number of nitrogens with two attached hydrogens (primary N) is 2. The van der Waals surface area contributed by atoms with Crippen LogP contribution in [0.3, 0.4) is 0 Å². The van der Waals surface area contributed by atoms with Gasteiger partial charge in [0.2, 0.25) is 0 Å². The number of ketones is 1. The molecule has 0 rings (SSSR count). The SMILES string of the molecule is N=C(N)[CH]C(=O)CN. The van der Waals surface area contributed by atoms with Crippen molar-refractivity contribution >= 4 is 11.6 Å². The third-order valence-corrected chi connectivity index (χ3v) is 0.518. The molecular weight excluding hydrogens is 106 g/mol. The van der Waals surface area contributed by atoms with E-state index in [1.807, 2.05) is 0 Å². The van der Waals surface area contributed by atoms with Crippen LogP contribution in [0.15, 0.2) is 0 Å². The van der Waals surface area contributed by atoms with Crippen LogP contribution in [0.1, 0.15) is 0 Å². The molecule has 4 heteroatoms. The first kappa shape index (κ1) is 7.10. The Bertz CT molecular complexity index is 110. The van der Waals surface area contributed by atoms with Gasteiger partial charge in [-0.05, 0) is 0 Å². The van der Waals surface area contributed by atoms with Gasteiger partial charge in [0.15, 0.2) is 5.78 Å². The summed E-state index contributed by atoms with van der Waals surface area (Å²) in [6.45, 7) is -0.0838. The highest BCUT2D eigenvalue weighted by atomic mass is 16.1. The zero-order valence-corrected chi connectivity index (χ0v) is 4.35. The summed E-state index contributed by atoms with van der Waals surface area (Å²) in [4.78, 5) is 10.2. The molecule has 0 aliphatic heterocycles. The second kappa shape index (κ2) is 3.15. The summed E-state index contributed by atoms with van der Waals surface area (Å²) >= 11 is 0. The van der Waals surface area contributed by atoms with E-state index < -0.39 is 0 Å². The average molecular weight is 114 g/mol. The molecule has 0 atom stereocenters. The predicted octanol–water partition coefficient (Wildman–Crippen LogP) is -1.35. The molecule has 0 saturated heterocycles. The lowest BCUT2D eigenvalue weighted by molar-refractivity contribution is -0.114. The van der Waals surface area contributed by atoms with Crippen molar-refractivity contribution in [3.63, 3.8) is 0 Å². The second-order valence-electron chi connectivity index (χ2n) is 1.27. The summed E-state index contributed by atoms with van der Waals surface area (Å²) < 4.78 is 0. The van der Waals surface area contributed by atoms with Crippen molar-refractivity contribution in [2.45, 2.75) is 0 Å². The molecule has 1 radical (unpaired) electrons. The van der Waals surface area contributed by atoms with Crippen molar-refractivity contribution in [2.75, 3.05) is 6.54 Å². The summed E-state index contributed by atoms with van der Waals surface area (Å²) in [5, 5.41) is 6.57. The van der Waals surface area contributed by atoms with Crippen molar-refractivity contribution in [3.8, 4) is 0 Å². The van der Waals surface area contributed by atoms with Crippen molar-refractivity contribution in [2.24, 2.45) is 11.5 Å². The van der Waals surface area contributed by atoms with Gasteiger partial charge in [-0.2, -0.15) is 0 Å². The third-order valence-electron chi connectivity index (χ3n) is 0.518. The molecule has 0 saturated carbocycles. The van der Waals surface area contributed by atoms with Crippen LogP contribution in [0.2, 0.25) is 0 Å². The lowest BCUT2D eigenvalue weighted by atomic mass is 10.3. The molecule has 0 amide bonds. The Kier molecular flexibility index (Phi) is 2.79.